The monoisotopic (exact) mass is 450 g/mol. The normalized spacial score (nSPS) is 21.9. The van der Waals surface area contributed by atoms with Gasteiger partial charge in [0.05, 0.1) is 6.10 Å². The van der Waals surface area contributed by atoms with Crippen LogP contribution in [0.1, 0.15) is 49.6 Å². The molecule has 170 valence electrons. The molecule has 3 atom stereocenters. The van der Waals surface area contributed by atoms with E-state index in [0.717, 1.165) is 0 Å². The zero-order valence-electron chi connectivity index (χ0n) is 18.7. The highest BCUT2D eigenvalue weighted by Crippen LogP contribution is 2.41. The van der Waals surface area contributed by atoms with Gasteiger partial charge in [-0.3, -0.25) is 14.3 Å². The Bertz CT molecular complexity index is 1040. The number of H-pyrrole nitrogens is 2. The number of nitrogens with one attached hydrogen (secondary N) is 2. The summed E-state index contributed by atoms with van der Waals surface area (Å²) < 4.78 is 19.4. The van der Waals surface area contributed by atoms with Crippen LogP contribution in [0.5, 0.6) is 0 Å². The molecular weight excluding hydrogens is 420 g/mol. The summed E-state index contributed by atoms with van der Waals surface area (Å²) in [4.78, 5) is 45.2. The summed E-state index contributed by atoms with van der Waals surface area (Å²) >= 11 is 0. The molecule has 0 spiro atoms. The number of aromatic nitrogens is 4. The summed E-state index contributed by atoms with van der Waals surface area (Å²) in [5, 5.41) is -0.0358. The Morgan fingerprint density at radius 3 is 2.68 bits per heavy atom. The number of rotatable bonds is 6. The molecule has 10 nitrogen and oxygen atoms in total. The highest BCUT2D eigenvalue weighted by atomic mass is 28.4. The van der Waals surface area contributed by atoms with E-state index < -0.39 is 37.9 Å². The van der Waals surface area contributed by atoms with Crippen LogP contribution in [-0.4, -0.2) is 52.6 Å². The Hall–Kier alpha value is -2.50. The van der Waals surface area contributed by atoms with Crippen molar-refractivity contribution in [1.29, 1.82) is 0 Å². The van der Waals surface area contributed by atoms with Crippen molar-refractivity contribution in [2.75, 3.05) is 6.61 Å². The van der Waals surface area contributed by atoms with E-state index in [1.54, 1.807) is 6.92 Å². The molecule has 0 bridgehead atoms. The summed E-state index contributed by atoms with van der Waals surface area (Å²) in [7, 11) is -2.17. The molecule has 1 saturated heterocycles. The minimum Gasteiger partial charge on any atom is -0.457 e. The van der Waals surface area contributed by atoms with Crippen LogP contribution in [0.15, 0.2) is 28.2 Å². The Balaban J connectivity index is 1.82. The molecule has 2 aromatic rings. The van der Waals surface area contributed by atoms with E-state index in [-0.39, 0.29) is 23.6 Å². The summed E-state index contributed by atoms with van der Waals surface area (Å²) in [6.07, 6.45) is 3.27. The number of imidazole rings is 1. The topological polar surface area (TPSA) is 128 Å². The predicted molar refractivity (Wildman–Crippen MR) is 116 cm³/mol. The zero-order valence-corrected chi connectivity index (χ0v) is 19.7. The van der Waals surface area contributed by atoms with Crippen molar-refractivity contribution >= 4 is 14.3 Å². The first kappa shape index (κ1) is 23.2. The maximum atomic E-state index is 12.4. The number of aryl methyl sites for hydroxylation is 1. The molecule has 1 aliphatic heterocycles. The molecule has 1 aliphatic rings. The molecule has 0 saturated carbocycles. The minimum atomic E-state index is -2.17. The number of ether oxygens (including phenoxy) is 2. The average molecular weight is 451 g/mol. The Morgan fingerprint density at radius 1 is 1.35 bits per heavy atom. The zero-order chi connectivity index (χ0) is 23.0. The lowest BCUT2D eigenvalue weighted by Gasteiger charge is -2.39. The van der Waals surface area contributed by atoms with E-state index in [0.29, 0.717) is 12.0 Å². The second kappa shape index (κ2) is 8.56. The van der Waals surface area contributed by atoms with Crippen molar-refractivity contribution in [1.82, 2.24) is 19.5 Å². The fourth-order valence-electron chi connectivity index (χ4n) is 3.10. The number of esters is 1. The van der Waals surface area contributed by atoms with Gasteiger partial charge >= 0.3 is 11.7 Å². The molecule has 2 aromatic heterocycles. The van der Waals surface area contributed by atoms with Crippen molar-refractivity contribution < 1.29 is 18.7 Å². The Labute approximate surface area is 181 Å². The molecular formula is C20H30N4O6Si. The second-order valence-corrected chi connectivity index (χ2v) is 14.1. The maximum Gasteiger partial charge on any atom is 0.374 e. The third kappa shape index (κ3) is 5.05. The summed E-state index contributed by atoms with van der Waals surface area (Å²) in [6, 6.07) is 0. The number of nitrogens with zero attached hydrogens (tertiary/aromatic N) is 2. The lowest BCUT2D eigenvalue weighted by molar-refractivity contribution is -0.0516. The van der Waals surface area contributed by atoms with Gasteiger partial charge in [-0.05, 0) is 25.1 Å². The molecule has 31 heavy (non-hydrogen) atoms. The fourth-order valence-corrected chi connectivity index (χ4v) is 4.46. The van der Waals surface area contributed by atoms with Crippen molar-refractivity contribution in [3.63, 3.8) is 0 Å². The van der Waals surface area contributed by atoms with Crippen LogP contribution >= 0.6 is 0 Å². The average Bonchev–Trinajstić information content (AvgIpc) is 3.32. The van der Waals surface area contributed by atoms with Crippen molar-refractivity contribution in [2.45, 2.75) is 70.7 Å². The molecule has 0 aromatic carbocycles. The van der Waals surface area contributed by atoms with Gasteiger partial charge in [-0.2, -0.15) is 0 Å². The van der Waals surface area contributed by atoms with Gasteiger partial charge in [0, 0.05) is 30.6 Å². The van der Waals surface area contributed by atoms with Crippen LogP contribution in [0, 0.1) is 6.92 Å². The van der Waals surface area contributed by atoms with Crippen LogP contribution in [0.2, 0.25) is 18.1 Å². The van der Waals surface area contributed by atoms with Gasteiger partial charge in [-0.1, -0.05) is 20.8 Å². The van der Waals surface area contributed by atoms with Crippen molar-refractivity contribution in [2.24, 2.45) is 0 Å². The van der Waals surface area contributed by atoms with E-state index in [1.807, 2.05) is 0 Å². The Morgan fingerprint density at radius 2 is 2.06 bits per heavy atom. The van der Waals surface area contributed by atoms with Gasteiger partial charge in [0.15, 0.2) is 8.32 Å². The van der Waals surface area contributed by atoms with E-state index in [4.69, 9.17) is 13.9 Å². The van der Waals surface area contributed by atoms with Crippen LogP contribution < -0.4 is 11.2 Å². The molecule has 0 amide bonds. The highest BCUT2D eigenvalue weighted by molar-refractivity contribution is 6.74. The second-order valence-electron chi connectivity index (χ2n) is 9.30. The van der Waals surface area contributed by atoms with Gasteiger partial charge < -0.3 is 18.9 Å². The van der Waals surface area contributed by atoms with Crippen molar-refractivity contribution in [3.8, 4) is 0 Å². The largest absolute Gasteiger partial charge is 0.457 e. The first-order chi connectivity index (χ1) is 14.4. The quantitative estimate of drug-likeness (QED) is 0.509. The number of hydrogen-bond donors (Lipinski definition) is 2. The number of carbonyl (C=O) groups excluding carboxylic acids is 1. The fraction of sp³-hybridized carbons (Fsp3) is 0.600. The number of carbonyl (C=O) groups is 1. The van der Waals surface area contributed by atoms with Crippen LogP contribution in [0.3, 0.4) is 0 Å². The molecule has 1 unspecified atom stereocenters. The summed E-state index contributed by atoms with van der Waals surface area (Å²) in [5.74, 6) is -0.496. The SMILES string of the molecule is Cc1cn([C@H]2CC(O[Si](C)(C)C(C)(C)C)[C@@H](COC(=O)c3ncc[nH]3)O2)c(=O)[nH]c1=O. The first-order valence-corrected chi connectivity index (χ1v) is 13.1. The lowest BCUT2D eigenvalue weighted by atomic mass is 10.2. The predicted octanol–water partition coefficient (Wildman–Crippen LogP) is 2.10. The molecule has 3 heterocycles. The van der Waals surface area contributed by atoms with E-state index in [9.17, 15) is 14.4 Å². The third-order valence-electron chi connectivity index (χ3n) is 5.96. The summed E-state index contributed by atoms with van der Waals surface area (Å²) in [6.45, 7) is 12.2. The van der Waals surface area contributed by atoms with Gasteiger partial charge in [-0.15, -0.1) is 0 Å². The van der Waals surface area contributed by atoms with Gasteiger partial charge in [-0.25, -0.2) is 14.6 Å². The number of hydrogen-bond acceptors (Lipinski definition) is 7. The molecule has 0 aliphatic carbocycles. The molecule has 0 radical (unpaired) electrons. The first-order valence-electron chi connectivity index (χ1n) is 10.2. The Kier molecular flexibility index (Phi) is 6.39. The van der Waals surface area contributed by atoms with Crippen LogP contribution in [0.25, 0.3) is 0 Å². The smallest absolute Gasteiger partial charge is 0.374 e. The maximum absolute atomic E-state index is 12.4. The molecule has 3 rings (SSSR count). The van der Waals surface area contributed by atoms with Gasteiger partial charge in [0.25, 0.3) is 5.56 Å². The third-order valence-corrected chi connectivity index (χ3v) is 10.5. The van der Waals surface area contributed by atoms with Crippen LogP contribution in [0.4, 0.5) is 0 Å². The van der Waals surface area contributed by atoms with E-state index >= 15 is 0 Å². The van der Waals surface area contributed by atoms with Gasteiger partial charge in [0.2, 0.25) is 5.82 Å². The minimum absolute atomic E-state index is 0.0358. The molecule has 1 fully saturated rings. The standard InChI is InChI=1S/C20H30N4O6Si/c1-12-10-24(19(27)23-17(12)25)15-9-13(30-31(5,6)20(2,3)4)14(29-15)11-28-18(26)16-21-7-8-22-16/h7-8,10,13-15H,9,11H2,1-6H3,(H,21,22)(H,23,25,27)/t13?,14-,15-/m1/s1. The molecule has 11 heteroatoms. The van der Waals surface area contributed by atoms with E-state index in [2.05, 4.69) is 48.8 Å². The highest BCUT2D eigenvalue weighted by Gasteiger charge is 2.45. The van der Waals surface area contributed by atoms with E-state index in [1.165, 1.54) is 23.2 Å². The van der Waals surface area contributed by atoms with Gasteiger partial charge in [0.1, 0.15) is 18.9 Å². The lowest BCUT2D eigenvalue weighted by Crippen LogP contribution is -2.46. The number of aromatic amines is 2. The van der Waals surface area contributed by atoms with Crippen LogP contribution in [-0.2, 0) is 13.9 Å². The van der Waals surface area contributed by atoms with Crippen molar-refractivity contribution in [3.05, 3.63) is 50.8 Å². The molecule has 2 N–H and O–H groups in total. The summed E-state index contributed by atoms with van der Waals surface area (Å²) in [5.41, 5.74) is -0.588.